The Kier molecular flexibility index (Phi) is 2.41. The average molecular weight is 235 g/mol. The molecule has 0 unspecified atom stereocenters. The van der Waals surface area contributed by atoms with Gasteiger partial charge in [0.25, 0.3) is 0 Å². The lowest BCUT2D eigenvalue weighted by molar-refractivity contribution is 0.553. The third-order valence-corrected chi connectivity index (χ3v) is 3.81. The van der Waals surface area contributed by atoms with Crippen molar-refractivity contribution in [2.75, 3.05) is 6.54 Å². The predicted octanol–water partition coefficient (Wildman–Crippen LogP) is 3.20. The van der Waals surface area contributed by atoms with E-state index < -0.39 is 0 Å². The summed E-state index contributed by atoms with van der Waals surface area (Å²) in [7, 11) is 0. The molecule has 1 aliphatic rings. The first-order valence-corrected chi connectivity index (χ1v) is 6.17. The van der Waals surface area contributed by atoms with Crippen LogP contribution < -0.4 is 5.73 Å². The third-order valence-electron chi connectivity index (χ3n) is 3.57. The number of aryl methyl sites for hydroxylation is 1. The van der Waals surface area contributed by atoms with Crippen LogP contribution in [0.2, 0.25) is 5.02 Å². The van der Waals surface area contributed by atoms with Gasteiger partial charge in [-0.15, -0.1) is 0 Å². The summed E-state index contributed by atoms with van der Waals surface area (Å²) in [6.45, 7) is 0.730. The van der Waals surface area contributed by atoms with Gasteiger partial charge in [0.1, 0.15) is 0 Å². The van der Waals surface area contributed by atoms with E-state index in [0.29, 0.717) is 5.92 Å². The summed E-state index contributed by atoms with van der Waals surface area (Å²) in [5, 5.41) is 2.09. The van der Waals surface area contributed by atoms with Gasteiger partial charge in [0, 0.05) is 34.1 Å². The number of nitrogens with one attached hydrogen (secondary N) is 1. The Balaban J connectivity index is 2.24. The van der Waals surface area contributed by atoms with Gasteiger partial charge in [-0.05, 0) is 43.0 Å². The molecule has 0 fully saturated rings. The molecule has 1 aliphatic carbocycles. The fraction of sp³-hybridized carbons (Fsp3) is 0.385. The highest BCUT2D eigenvalue weighted by molar-refractivity contribution is 6.31. The van der Waals surface area contributed by atoms with E-state index in [1.165, 1.54) is 35.0 Å². The number of halogens is 1. The minimum Gasteiger partial charge on any atom is -0.358 e. The molecule has 0 amide bonds. The molecule has 0 saturated heterocycles. The predicted molar refractivity (Wildman–Crippen MR) is 68.0 cm³/mol. The lowest BCUT2D eigenvalue weighted by Crippen LogP contribution is -2.17. The van der Waals surface area contributed by atoms with Gasteiger partial charge in [-0.1, -0.05) is 11.6 Å². The molecule has 2 aromatic rings. The van der Waals surface area contributed by atoms with Crippen LogP contribution in [0.15, 0.2) is 18.2 Å². The molecule has 0 saturated carbocycles. The summed E-state index contributed by atoms with van der Waals surface area (Å²) >= 11 is 6.05. The van der Waals surface area contributed by atoms with Crippen LogP contribution in [0.5, 0.6) is 0 Å². The largest absolute Gasteiger partial charge is 0.358 e. The van der Waals surface area contributed by atoms with E-state index >= 15 is 0 Å². The second kappa shape index (κ2) is 3.79. The topological polar surface area (TPSA) is 41.8 Å². The van der Waals surface area contributed by atoms with Crippen molar-refractivity contribution < 1.29 is 0 Å². The molecule has 1 aromatic carbocycles. The van der Waals surface area contributed by atoms with Crippen molar-refractivity contribution in [1.82, 2.24) is 4.98 Å². The van der Waals surface area contributed by atoms with Crippen molar-refractivity contribution in [3.63, 3.8) is 0 Å². The summed E-state index contributed by atoms with van der Waals surface area (Å²) in [5.74, 6) is 0.495. The van der Waals surface area contributed by atoms with Crippen molar-refractivity contribution >= 4 is 22.5 Å². The van der Waals surface area contributed by atoms with Crippen molar-refractivity contribution in [2.24, 2.45) is 5.73 Å². The molecule has 16 heavy (non-hydrogen) atoms. The van der Waals surface area contributed by atoms with Crippen molar-refractivity contribution in [3.05, 3.63) is 34.5 Å². The highest BCUT2D eigenvalue weighted by atomic mass is 35.5. The maximum absolute atomic E-state index is 6.05. The van der Waals surface area contributed by atoms with Gasteiger partial charge in [-0.25, -0.2) is 0 Å². The van der Waals surface area contributed by atoms with Crippen LogP contribution >= 0.6 is 11.6 Å². The quantitative estimate of drug-likeness (QED) is 0.782. The van der Waals surface area contributed by atoms with Gasteiger partial charge in [0.05, 0.1) is 0 Å². The first-order valence-electron chi connectivity index (χ1n) is 5.79. The second-order valence-electron chi connectivity index (χ2n) is 4.53. The smallest absolute Gasteiger partial charge is 0.0460 e. The molecular weight excluding hydrogens is 220 g/mol. The Morgan fingerprint density at radius 1 is 1.44 bits per heavy atom. The van der Waals surface area contributed by atoms with E-state index in [4.69, 9.17) is 17.3 Å². The zero-order valence-corrected chi connectivity index (χ0v) is 9.85. The number of hydrogen-bond donors (Lipinski definition) is 2. The lowest BCUT2D eigenvalue weighted by Gasteiger charge is -2.20. The molecule has 1 heterocycles. The third kappa shape index (κ3) is 1.45. The SMILES string of the molecule is NC[C@@H]1CCCc2c1[nH]c1ccc(Cl)cc21. The standard InChI is InChI=1S/C13H15ClN2/c14-9-4-5-12-11(6-9)10-3-1-2-8(7-15)13(10)16-12/h4-6,8,16H,1-3,7,15H2/t8-/m0/s1. The Morgan fingerprint density at radius 2 is 2.31 bits per heavy atom. The number of hydrogen-bond acceptors (Lipinski definition) is 1. The summed E-state index contributed by atoms with van der Waals surface area (Å²) in [6.07, 6.45) is 3.57. The second-order valence-corrected chi connectivity index (χ2v) is 4.97. The number of aromatic nitrogens is 1. The van der Waals surface area contributed by atoms with E-state index in [-0.39, 0.29) is 0 Å². The monoisotopic (exact) mass is 234 g/mol. The summed E-state index contributed by atoms with van der Waals surface area (Å²) < 4.78 is 0. The summed E-state index contributed by atoms with van der Waals surface area (Å²) in [6, 6.07) is 6.05. The van der Waals surface area contributed by atoms with Crippen molar-refractivity contribution in [3.8, 4) is 0 Å². The van der Waals surface area contributed by atoms with E-state index in [1.807, 2.05) is 6.07 Å². The number of fused-ring (bicyclic) bond motifs is 3. The zero-order valence-electron chi connectivity index (χ0n) is 9.09. The molecule has 2 nitrogen and oxygen atoms in total. The van der Waals surface area contributed by atoms with Crippen molar-refractivity contribution in [1.29, 1.82) is 0 Å². The maximum Gasteiger partial charge on any atom is 0.0460 e. The number of nitrogens with two attached hydrogens (primary N) is 1. The van der Waals surface area contributed by atoms with Crippen LogP contribution in [-0.2, 0) is 6.42 Å². The van der Waals surface area contributed by atoms with Gasteiger partial charge in [-0.2, -0.15) is 0 Å². The van der Waals surface area contributed by atoms with E-state index in [9.17, 15) is 0 Å². The Morgan fingerprint density at radius 3 is 3.12 bits per heavy atom. The fourth-order valence-corrected chi connectivity index (χ4v) is 2.94. The molecule has 0 spiro atoms. The number of aromatic amines is 1. The molecule has 1 atom stereocenters. The van der Waals surface area contributed by atoms with E-state index in [2.05, 4.69) is 17.1 Å². The first kappa shape index (κ1) is 10.2. The van der Waals surface area contributed by atoms with Crippen LogP contribution in [0.1, 0.15) is 30.0 Å². The lowest BCUT2D eigenvalue weighted by atomic mass is 9.87. The van der Waals surface area contributed by atoms with E-state index in [0.717, 1.165) is 18.0 Å². The van der Waals surface area contributed by atoms with Crippen LogP contribution in [0.3, 0.4) is 0 Å². The van der Waals surface area contributed by atoms with Crippen LogP contribution in [0.25, 0.3) is 10.9 Å². The average Bonchev–Trinajstić information content (AvgIpc) is 2.67. The van der Waals surface area contributed by atoms with Gasteiger partial charge < -0.3 is 10.7 Å². The van der Waals surface area contributed by atoms with Gasteiger partial charge >= 0.3 is 0 Å². The Hall–Kier alpha value is -0.990. The molecular formula is C13H15ClN2. The normalized spacial score (nSPS) is 20.0. The molecule has 3 heteroatoms. The molecule has 0 bridgehead atoms. The van der Waals surface area contributed by atoms with Gasteiger partial charge in [0.2, 0.25) is 0 Å². The Bertz CT molecular complexity index is 530. The molecule has 1 aromatic heterocycles. The maximum atomic E-state index is 6.05. The highest BCUT2D eigenvalue weighted by Gasteiger charge is 2.22. The van der Waals surface area contributed by atoms with Crippen molar-refractivity contribution in [2.45, 2.75) is 25.2 Å². The minimum absolute atomic E-state index is 0.495. The van der Waals surface area contributed by atoms with E-state index in [1.54, 1.807) is 0 Å². The van der Waals surface area contributed by atoms with Crippen LogP contribution in [0.4, 0.5) is 0 Å². The molecule has 84 valence electrons. The highest BCUT2D eigenvalue weighted by Crippen LogP contribution is 2.36. The number of H-pyrrole nitrogens is 1. The molecule has 0 radical (unpaired) electrons. The summed E-state index contributed by atoms with van der Waals surface area (Å²) in [4.78, 5) is 3.51. The van der Waals surface area contributed by atoms with Gasteiger partial charge in [-0.3, -0.25) is 0 Å². The molecule has 3 N–H and O–H groups in total. The van der Waals surface area contributed by atoms with Gasteiger partial charge in [0.15, 0.2) is 0 Å². The zero-order chi connectivity index (χ0) is 11.1. The van der Waals surface area contributed by atoms with Crippen LogP contribution in [-0.4, -0.2) is 11.5 Å². The molecule has 0 aliphatic heterocycles. The Labute approximate surface area is 99.8 Å². The fourth-order valence-electron chi connectivity index (χ4n) is 2.76. The number of benzene rings is 1. The molecule has 3 rings (SSSR count). The minimum atomic E-state index is 0.495. The number of rotatable bonds is 1. The first-order chi connectivity index (χ1) is 7.79. The summed E-state index contributed by atoms with van der Waals surface area (Å²) in [5.41, 5.74) is 9.78. The van der Waals surface area contributed by atoms with Crippen LogP contribution in [0, 0.1) is 0 Å².